The number of ether oxygens (including phenoxy) is 1. The molecule has 0 spiro atoms. The zero-order chi connectivity index (χ0) is 13.9. The fourth-order valence-corrected chi connectivity index (χ4v) is 2.50. The van der Waals surface area contributed by atoms with Crippen molar-refractivity contribution in [2.75, 3.05) is 20.3 Å². The minimum atomic E-state index is 0.133. The maximum Gasteiger partial charge on any atom is 0.227 e. The maximum atomic E-state index is 12.2. The lowest BCUT2D eigenvalue weighted by molar-refractivity contribution is -0.132. The summed E-state index contributed by atoms with van der Waals surface area (Å²) in [5.74, 6) is 0.133. The fraction of sp³-hybridized carbons (Fsp3) is 0.333. The van der Waals surface area contributed by atoms with Crippen molar-refractivity contribution in [1.82, 2.24) is 15.1 Å². The molecule has 0 saturated carbocycles. The first-order chi connectivity index (χ1) is 9.79. The van der Waals surface area contributed by atoms with Gasteiger partial charge in [-0.1, -0.05) is 30.3 Å². The fourth-order valence-electron chi connectivity index (χ4n) is 2.50. The van der Waals surface area contributed by atoms with E-state index in [-0.39, 0.29) is 5.91 Å². The van der Waals surface area contributed by atoms with Crippen molar-refractivity contribution in [3.05, 3.63) is 41.6 Å². The van der Waals surface area contributed by atoms with Gasteiger partial charge in [-0.2, -0.15) is 5.10 Å². The van der Waals surface area contributed by atoms with E-state index < -0.39 is 0 Å². The summed E-state index contributed by atoms with van der Waals surface area (Å²) in [6, 6.07) is 9.95. The van der Waals surface area contributed by atoms with Gasteiger partial charge in [0.1, 0.15) is 0 Å². The number of H-pyrrole nitrogens is 1. The van der Waals surface area contributed by atoms with Crippen LogP contribution in [0.15, 0.2) is 30.3 Å². The Bertz CT molecular complexity index is 607. The van der Waals surface area contributed by atoms with Gasteiger partial charge in [-0.15, -0.1) is 0 Å². The van der Waals surface area contributed by atoms with Crippen molar-refractivity contribution in [3.63, 3.8) is 0 Å². The summed E-state index contributed by atoms with van der Waals surface area (Å²) >= 11 is 0. The Morgan fingerprint density at radius 3 is 2.90 bits per heavy atom. The van der Waals surface area contributed by atoms with Gasteiger partial charge in [-0.25, -0.2) is 0 Å². The molecule has 0 fully saturated rings. The van der Waals surface area contributed by atoms with Crippen molar-refractivity contribution in [1.29, 1.82) is 0 Å². The average molecular weight is 271 g/mol. The third-order valence-electron chi connectivity index (χ3n) is 3.60. The van der Waals surface area contributed by atoms with Crippen molar-refractivity contribution in [2.24, 2.45) is 0 Å². The van der Waals surface area contributed by atoms with Crippen LogP contribution >= 0.6 is 0 Å². The van der Waals surface area contributed by atoms with Crippen LogP contribution < -0.4 is 0 Å². The summed E-state index contributed by atoms with van der Waals surface area (Å²) in [5, 5.41) is 7.45. The van der Waals surface area contributed by atoms with Gasteiger partial charge in [-0.3, -0.25) is 9.89 Å². The summed E-state index contributed by atoms with van der Waals surface area (Å²) in [6.07, 6.45) is 0.403. The molecule has 0 saturated heterocycles. The Hall–Kier alpha value is -2.14. The highest BCUT2D eigenvalue weighted by Gasteiger charge is 2.27. The number of nitrogens with zero attached hydrogens (tertiary/aromatic N) is 2. The van der Waals surface area contributed by atoms with Gasteiger partial charge in [-0.05, 0) is 0 Å². The monoisotopic (exact) mass is 271 g/mol. The molecule has 1 N–H and O–H groups in total. The van der Waals surface area contributed by atoms with Crippen LogP contribution in [0, 0.1) is 0 Å². The predicted octanol–water partition coefficient (Wildman–Crippen LogP) is 1.61. The second kappa shape index (κ2) is 5.46. The highest BCUT2D eigenvalue weighted by atomic mass is 16.5. The summed E-state index contributed by atoms with van der Waals surface area (Å²) in [5.41, 5.74) is 3.98. The number of hydrogen-bond donors (Lipinski definition) is 1. The molecule has 1 amide bonds. The molecule has 1 aliphatic rings. The Morgan fingerprint density at radius 1 is 1.35 bits per heavy atom. The molecule has 5 nitrogen and oxygen atoms in total. The van der Waals surface area contributed by atoms with Crippen LogP contribution in [-0.4, -0.2) is 41.3 Å². The van der Waals surface area contributed by atoms with Crippen LogP contribution in [0.1, 0.15) is 11.3 Å². The average Bonchev–Trinajstić information content (AvgIpc) is 2.88. The van der Waals surface area contributed by atoms with Crippen LogP contribution in [-0.2, 0) is 22.5 Å². The van der Waals surface area contributed by atoms with Crippen LogP contribution in [0.5, 0.6) is 0 Å². The van der Waals surface area contributed by atoms with E-state index in [0.29, 0.717) is 26.1 Å². The van der Waals surface area contributed by atoms with E-state index in [4.69, 9.17) is 4.74 Å². The van der Waals surface area contributed by atoms with E-state index in [2.05, 4.69) is 10.2 Å². The van der Waals surface area contributed by atoms with Gasteiger partial charge in [0.15, 0.2) is 0 Å². The molecule has 20 heavy (non-hydrogen) atoms. The lowest BCUT2D eigenvalue weighted by atomic mass is 9.99. The first-order valence-electron chi connectivity index (χ1n) is 6.68. The number of aromatic amines is 1. The topological polar surface area (TPSA) is 58.2 Å². The molecule has 0 unspecified atom stereocenters. The van der Waals surface area contributed by atoms with Crippen LogP contribution in [0.3, 0.4) is 0 Å². The molecular formula is C15H17N3O2. The SMILES string of the molecule is COCCN1Cc2[nH]nc(-c3ccccc3)c2CC1=O. The third-order valence-corrected chi connectivity index (χ3v) is 3.60. The Kier molecular flexibility index (Phi) is 3.52. The molecule has 104 valence electrons. The molecule has 5 heteroatoms. The Labute approximate surface area is 117 Å². The normalized spacial score (nSPS) is 14.4. The Balaban J connectivity index is 1.88. The summed E-state index contributed by atoms with van der Waals surface area (Å²) in [6.45, 7) is 1.76. The van der Waals surface area contributed by atoms with E-state index in [1.165, 1.54) is 0 Å². The van der Waals surface area contributed by atoms with E-state index >= 15 is 0 Å². The van der Waals surface area contributed by atoms with E-state index in [1.807, 2.05) is 30.3 Å². The van der Waals surface area contributed by atoms with E-state index in [1.54, 1.807) is 12.0 Å². The van der Waals surface area contributed by atoms with Crippen molar-refractivity contribution < 1.29 is 9.53 Å². The van der Waals surface area contributed by atoms with Gasteiger partial charge in [0, 0.05) is 24.8 Å². The number of aromatic nitrogens is 2. The third kappa shape index (κ3) is 2.32. The molecule has 2 heterocycles. The standard InChI is InChI=1S/C15H17N3O2/c1-20-8-7-18-10-13-12(9-14(18)19)15(17-16-13)11-5-3-2-4-6-11/h2-6H,7-10H2,1H3,(H,16,17). The van der Waals surface area contributed by atoms with Crippen molar-refractivity contribution in [3.8, 4) is 11.3 Å². The summed E-state index contributed by atoms with van der Waals surface area (Å²) in [4.78, 5) is 14.0. The number of carbonyl (C=O) groups is 1. The first kappa shape index (κ1) is 12.9. The molecule has 0 bridgehead atoms. The zero-order valence-corrected chi connectivity index (χ0v) is 11.4. The predicted molar refractivity (Wildman–Crippen MR) is 75.0 cm³/mol. The summed E-state index contributed by atoms with van der Waals surface area (Å²) < 4.78 is 5.04. The number of methoxy groups -OCH3 is 1. The van der Waals surface area contributed by atoms with Gasteiger partial charge < -0.3 is 9.64 Å². The van der Waals surface area contributed by atoms with Gasteiger partial charge in [0.25, 0.3) is 0 Å². The minimum absolute atomic E-state index is 0.133. The molecule has 2 aromatic rings. The second-order valence-corrected chi connectivity index (χ2v) is 4.88. The van der Waals surface area contributed by atoms with Gasteiger partial charge in [0.05, 0.1) is 31.0 Å². The van der Waals surface area contributed by atoms with Crippen LogP contribution in [0.4, 0.5) is 0 Å². The number of fused-ring (bicyclic) bond motifs is 1. The maximum absolute atomic E-state index is 12.2. The molecule has 1 aliphatic heterocycles. The highest BCUT2D eigenvalue weighted by molar-refractivity contribution is 5.83. The van der Waals surface area contributed by atoms with E-state index in [0.717, 1.165) is 22.5 Å². The largest absolute Gasteiger partial charge is 0.383 e. The van der Waals surface area contributed by atoms with Crippen LogP contribution in [0.2, 0.25) is 0 Å². The Morgan fingerprint density at radius 2 is 2.15 bits per heavy atom. The van der Waals surface area contributed by atoms with Gasteiger partial charge >= 0.3 is 0 Å². The number of hydrogen-bond acceptors (Lipinski definition) is 3. The van der Waals surface area contributed by atoms with Gasteiger partial charge in [0.2, 0.25) is 5.91 Å². The molecule has 0 aliphatic carbocycles. The number of rotatable bonds is 4. The van der Waals surface area contributed by atoms with Crippen LogP contribution in [0.25, 0.3) is 11.3 Å². The highest BCUT2D eigenvalue weighted by Crippen LogP contribution is 2.28. The lowest BCUT2D eigenvalue weighted by Crippen LogP contribution is -2.38. The molecule has 0 atom stereocenters. The molecule has 1 aromatic heterocycles. The quantitative estimate of drug-likeness (QED) is 0.919. The van der Waals surface area contributed by atoms with Crippen molar-refractivity contribution in [2.45, 2.75) is 13.0 Å². The molecule has 0 radical (unpaired) electrons. The smallest absolute Gasteiger partial charge is 0.227 e. The zero-order valence-electron chi connectivity index (χ0n) is 11.4. The lowest BCUT2D eigenvalue weighted by Gasteiger charge is -2.26. The molecule has 3 rings (SSSR count). The number of carbonyl (C=O) groups excluding carboxylic acids is 1. The molecular weight excluding hydrogens is 254 g/mol. The summed E-state index contributed by atoms with van der Waals surface area (Å²) in [7, 11) is 1.64. The minimum Gasteiger partial charge on any atom is -0.383 e. The first-order valence-corrected chi connectivity index (χ1v) is 6.68. The number of nitrogens with one attached hydrogen (secondary N) is 1. The number of benzene rings is 1. The number of amides is 1. The van der Waals surface area contributed by atoms with E-state index in [9.17, 15) is 4.79 Å². The second-order valence-electron chi connectivity index (χ2n) is 4.88. The molecule has 1 aromatic carbocycles. The van der Waals surface area contributed by atoms with Crippen molar-refractivity contribution >= 4 is 5.91 Å².